The third kappa shape index (κ3) is 2.99. The molecular formula is C25H21NO4. The molecule has 0 spiro atoms. The number of carbonyl (C=O) groups excluding carboxylic acids is 3. The highest BCUT2D eigenvalue weighted by Gasteiger charge is 2.32. The zero-order valence-corrected chi connectivity index (χ0v) is 17.3. The summed E-state index contributed by atoms with van der Waals surface area (Å²) in [5.74, 6) is -0.855. The van der Waals surface area contributed by atoms with Gasteiger partial charge in [-0.25, -0.2) is 4.79 Å². The molecule has 0 saturated heterocycles. The number of rotatable bonds is 3. The SMILES string of the molecule is COC(=O)c1ccc(-n2c(C)cc(C=C3C(=O)c4ccccc4C3=O)c2C)c(C)c1. The van der Waals surface area contributed by atoms with Gasteiger partial charge in [0.15, 0.2) is 11.6 Å². The number of benzene rings is 2. The van der Waals surface area contributed by atoms with Gasteiger partial charge in [0.2, 0.25) is 0 Å². The summed E-state index contributed by atoms with van der Waals surface area (Å²) in [6.45, 7) is 5.85. The molecule has 0 fully saturated rings. The van der Waals surface area contributed by atoms with Gasteiger partial charge in [0, 0.05) is 28.2 Å². The molecule has 3 aromatic rings. The van der Waals surface area contributed by atoms with Crippen LogP contribution < -0.4 is 0 Å². The average molecular weight is 399 g/mol. The second-order valence-electron chi connectivity index (χ2n) is 7.42. The van der Waals surface area contributed by atoms with Crippen molar-refractivity contribution in [2.24, 2.45) is 0 Å². The molecule has 0 N–H and O–H groups in total. The predicted octanol–water partition coefficient (Wildman–Crippen LogP) is 4.65. The van der Waals surface area contributed by atoms with Crippen LogP contribution in [-0.4, -0.2) is 29.2 Å². The first-order valence-electron chi connectivity index (χ1n) is 9.62. The minimum atomic E-state index is -0.381. The van der Waals surface area contributed by atoms with Gasteiger partial charge in [-0.2, -0.15) is 0 Å². The highest BCUT2D eigenvalue weighted by Crippen LogP contribution is 2.30. The van der Waals surface area contributed by atoms with Gasteiger partial charge in [-0.1, -0.05) is 24.3 Å². The van der Waals surface area contributed by atoms with Crippen LogP contribution in [0.3, 0.4) is 0 Å². The molecule has 0 amide bonds. The molecule has 0 unspecified atom stereocenters. The Bertz CT molecular complexity index is 1220. The number of Topliss-reactive ketones (excluding diaryl/α,β-unsaturated/α-hetero) is 2. The maximum absolute atomic E-state index is 12.7. The number of ketones is 2. The molecule has 1 aliphatic carbocycles. The number of aryl methyl sites for hydroxylation is 2. The van der Waals surface area contributed by atoms with Crippen LogP contribution in [0, 0.1) is 20.8 Å². The van der Waals surface area contributed by atoms with E-state index in [2.05, 4.69) is 4.57 Å². The smallest absolute Gasteiger partial charge is 0.337 e. The lowest BCUT2D eigenvalue weighted by atomic mass is 10.1. The van der Waals surface area contributed by atoms with Crippen molar-refractivity contribution in [1.29, 1.82) is 0 Å². The van der Waals surface area contributed by atoms with Crippen LogP contribution in [0.4, 0.5) is 0 Å². The van der Waals surface area contributed by atoms with E-state index in [1.165, 1.54) is 7.11 Å². The number of allylic oxidation sites excluding steroid dienone is 1. The van der Waals surface area contributed by atoms with E-state index in [-0.39, 0.29) is 23.1 Å². The summed E-state index contributed by atoms with van der Waals surface area (Å²) in [7, 11) is 1.36. The van der Waals surface area contributed by atoms with Crippen molar-refractivity contribution < 1.29 is 19.1 Å². The topological polar surface area (TPSA) is 65.4 Å². The molecule has 150 valence electrons. The van der Waals surface area contributed by atoms with Crippen LogP contribution in [0.2, 0.25) is 0 Å². The lowest BCUT2D eigenvalue weighted by molar-refractivity contribution is 0.0600. The third-order valence-corrected chi connectivity index (χ3v) is 5.53. The Morgan fingerprint density at radius 1 is 0.933 bits per heavy atom. The molecule has 2 aromatic carbocycles. The largest absolute Gasteiger partial charge is 0.465 e. The highest BCUT2D eigenvalue weighted by atomic mass is 16.5. The summed E-state index contributed by atoms with van der Waals surface area (Å²) in [6, 6.07) is 14.3. The van der Waals surface area contributed by atoms with E-state index >= 15 is 0 Å². The van der Waals surface area contributed by atoms with Gasteiger partial charge >= 0.3 is 5.97 Å². The molecule has 5 heteroatoms. The quantitative estimate of drug-likeness (QED) is 0.365. The van der Waals surface area contributed by atoms with Crippen LogP contribution >= 0.6 is 0 Å². The summed E-state index contributed by atoms with van der Waals surface area (Å²) in [5.41, 5.74) is 6.11. The molecule has 0 aliphatic heterocycles. The number of hydrogen-bond acceptors (Lipinski definition) is 4. The molecule has 5 nitrogen and oxygen atoms in total. The summed E-state index contributed by atoms with van der Waals surface area (Å²) in [6.07, 6.45) is 1.68. The first-order valence-corrected chi connectivity index (χ1v) is 9.62. The van der Waals surface area contributed by atoms with Crippen LogP contribution in [0.1, 0.15) is 53.6 Å². The Balaban J connectivity index is 1.78. The van der Waals surface area contributed by atoms with E-state index in [1.807, 2.05) is 32.9 Å². The lowest BCUT2D eigenvalue weighted by Crippen LogP contribution is -2.06. The molecule has 0 atom stereocenters. The first-order chi connectivity index (χ1) is 14.3. The van der Waals surface area contributed by atoms with E-state index in [0.717, 1.165) is 28.2 Å². The zero-order valence-electron chi connectivity index (χ0n) is 17.3. The number of nitrogens with zero attached hydrogens (tertiary/aromatic N) is 1. The van der Waals surface area contributed by atoms with Crippen LogP contribution in [0.5, 0.6) is 0 Å². The molecule has 0 bridgehead atoms. The maximum Gasteiger partial charge on any atom is 0.337 e. The second kappa shape index (κ2) is 7.26. The van der Waals surface area contributed by atoms with Gasteiger partial charge in [-0.15, -0.1) is 0 Å². The number of hydrogen-bond donors (Lipinski definition) is 0. The first kappa shape index (κ1) is 19.6. The van der Waals surface area contributed by atoms with Gasteiger partial charge < -0.3 is 9.30 Å². The van der Waals surface area contributed by atoms with Gasteiger partial charge in [0.05, 0.1) is 18.2 Å². The monoisotopic (exact) mass is 399 g/mol. The molecule has 30 heavy (non-hydrogen) atoms. The minimum Gasteiger partial charge on any atom is -0.465 e. The molecule has 1 heterocycles. The molecule has 1 aliphatic rings. The fourth-order valence-electron chi connectivity index (χ4n) is 4.01. The Labute approximate surface area is 174 Å². The fourth-order valence-corrected chi connectivity index (χ4v) is 4.01. The molecule has 0 saturated carbocycles. The number of aromatic nitrogens is 1. The molecule has 4 rings (SSSR count). The molecular weight excluding hydrogens is 378 g/mol. The van der Waals surface area contributed by atoms with Crippen molar-refractivity contribution in [3.05, 3.63) is 93.3 Å². The normalized spacial score (nSPS) is 12.9. The Morgan fingerprint density at radius 2 is 1.57 bits per heavy atom. The molecule has 0 radical (unpaired) electrons. The number of carbonyl (C=O) groups is 3. The summed E-state index contributed by atoms with van der Waals surface area (Å²) < 4.78 is 6.85. The number of fused-ring (bicyclic) bond motifs is 1. The number of ether oxygens (including phenoxy) is 1. The van der Waals surface area contributed by atoms with Crippen molar-refractivity contribution in [1.82, 2.24) is 4.57 Å². The van der Waals surface area contributed by atoms with Crippen molar-refractivity contribution in [3.63, 3.8) is 0 Å². The third-order valence-electron chi connectivity index (χ3n) is 5.53. The predicted molar refractivity (Wildman–Crippen MR) is 114 cm³/mol. The van der Waals surface area contributed by atoms with Crippen LogP contribution in [-0.2, 0) is 4.74 Å². The standard InChI is InChI=1S/C25H21NO4/c1-14-11-17(25(29)30-4)9-10-22(14)26-15(2)12-18(16(26)3)13-21-23(27)19-7-5-6-8-20(19)24(21)28/h5-13H,1-4H3. The maximum atomic E-state index is 12.7. The number of esters is 1. The summed E-state index contributed by atoms with van der Waals surface area (Å²) in [5, 5.41) is 0. The number of methoxy groups -OCH3 is 1. The Hall–Kier alpha value is -3.73. The van der Waals surface area contributed by atoms with E-state index < -0.39 is 0 Å². The Kier molecular flexibility index (Phi) is 4.74. The molecule has 1 aromatic heterocycles. The zero-order chi connectivity index (χ0) is 21.6. The van der Waals surface area contributed by atoms with E-state index in [0.29, 0.717) is 16.7 Å². The van der Waals surface area contributed by atoms with Gasteiger partial charge in [0.1, 0.15) is 0 Å². The van der Waals surface area contributed by atoms with E-state index in [4.69, 9.17) is 4.74 Å². The van der Waals surface area contributed by atoms with E-state index in [1.54, 1.807) is 42.5 Å². The Morgan fingerprint density at radius 3 is 2.13 bits per heavy atom. The van der Waals surface area contributed by atoms with Gasteiger partial charge in [-0.05, 0) is 62.2 Å². The lowest BCUT2D eigenvalue weighted by Gasteiger charge is -2.14. The second-order valence-corrected chi connectivity index (χ2v) is 7.42. The highest BCUT2D eigenvalue weighted by molar-refractivity contribution is 6.41. The van der Waals surface area contributed by atoms with Gasteiger partial charge in [0.25, 0.3) is 0 Å². The van der Waals surface area contributed by atoms with Gasteiger partial charge in [-0.3, -0.25) is 9.59 Å². The van der Waals surface area contributed by atoms with Crippen LogP contribution in [0.25, 0.3) is 11.8 Å². The fraction of sp³-hybridized carbons (Fsp3) is 0.160. The summed E-state index contributed by atoms with van der Waals surface area (Å²) in [4.78, 5) is 37.3. The van der Waals surface area contributed by atoms with Crippen molar-refractivity contribution in [2.45, 2.75) is 20.8 Å². The van der Waals surface area contributed by atoms with Crippen molar-refractivity contribution in [2.75, 3.05) is 7.11 Å². The van der Waals surface area contributed by atoms with E-state index in [9.17, 15) is 14.4 Å². The van der Waals surface area contributed by atoms with Crippen molar-refractivity contribution in [3.8, 4) is 5.69 Å². The van der Waals surface area contributed by atoms with Crippen molar-refractivity contribution >= 4 is 23.6 Å². The summed E-state index contributed by atoms with van der Waals surface area (Å²) >= 11 is 0. The average Bonchev–Trinajstić information content (AvgIpc) is 3.15. The minimum absolute atomic E-state index is 0.189. The van der Waals surface area contributed by atoms with Crippen LogP contribution in [0.15, 0.2) is 54.1 Å².